The van der Waals surface area contributed by atoms with Crippen molar-refractivity contribution in [1.82, 2.24) is 0 Å². The Kier molecular flexibility index (Phi) is 4.64. The number of phenolic OH excluding ortho intramolecular Hbond substituents is 1. The highest BCUT2D eigenvalue weighted by Gasteiger charge is 2.77. The van der Waals surface area contributed by atoms with Crippen LogP contribution in [0.5, 0.6) is 11.5 Å². The summed E-state index contributed by atoms with van der Waals surface area (Å²) in [4.78, 5) is 37.2. The molecule has 1 spiro atoms. The number of benzene rings is 1. The number of amides is 1. The zero-order valence-electron chi connectivity index (χ0n) is 18.7. The van der Waals surface area contributed by atoms with Gasteiger partial charge in [0.15, 0.2) is 11.5 Å². The van der Waals surface area contributed by atoms with E-state index < -0.39 is 74.6 Å². The van der Waals surface area contributed by atoms with E-state index in [-0.39, 0.29) is 24.9 Å². The van der Waals surface area contributed by atoms with Crippen molar-refractivity contribution in [3.63, 3.8) is 0 Å². The van der Waals surface area contributed by atoms with E-state index in [1.165, 1.54) is 6.08 Å². The van der Waals surface area contributed by atoms with Crippen LogP contribution in [-0.2, 0) is 14.3 Å². The SMILES string of the molecule is C[C@]12O[C@H]3CC1C[C@@]1(C=C(O)C(=O)[C@@](C)(CCC(=O)Nc4c(O)ccc(C(=O)O)c4O)C31)C2O. The Balaban J connectivity index is 1.41. The Hall–Kier alpha value is -3.11. The molecule has 0 radical (unpaired) electrons. The molecule has 2 heterocycles. The lowest BCUT2D eigenvalue weighted by Crippen LogP contribution is -2.63. The number of anilines is 1. The Morgan fingerprint density at radius 3 is 2.56 bits per heavy atom. The van der Waals surface area contributed by atoms with Crippen molar-refractivity contribution in [2.24, 2.45) is 22.7 Å². The number of aromatic hydroxyl groups is 2. The third-order valence-corrected chi connectivity index (χ3v) is 8.70. The maximum atomic E-state index is 13.2. The van der Waals surface area contributed by atoms with Gasteiger partial charge in [0, 0.05) is 23.2 Å². The maximum absolute atomic E-state index is 13.2. The summed E-state index contributed by atoms with van der Waals surface area (Å²) >= 11 is 0. The Morgan fingerprint density at radius 2 is 1.91 bits per heavy atom. The van der Waals surface area contributed by atoms with E-state index in [1.807, 2.05) is 6.92 Å². The average Bonchev–Trinajstić information content (AvgIpc) is 3.10. The maximum Gasteiger partial charge on any atom is 0.339 e. The van der Waals surface area contributed by atoms with Gasteiger partial charge in [-0.05, 0) is 50.3 Å². The van der Waals surface area contributed by atoms with Gasteiger partial charge in [0.05, 0.1) is 17.8 Å². The molecule has 2 saturated heterocycles. The molecule has 7 atom stereocenters. The molecule has 182 valence electrons. The van der Waals surface area contributed by atoms with Crippen LogP contribution in [-0.4, -0.2) is 61.0 Å². The largest absolute Gasteiger partial charge is 0.506 e. The number of carbonyl (C=O) groups excluding carboxylic acids is 2. The fourth-order valence-corrected chi connectivity index (χ4v) is 7.18. The van der Waals surface area contributed by atoms with E-state index in [0.29, 0.717) is 12.8 Å². The van der Waals surface area contributed by atoms with Crippen molar-refractivity contribution in [3.8, 4) is 11.5 Å². The van der Waals surface area contributed by atoms with Crippen LogP contribution >= 0.6 is 0 Å². The van der Waals surface area contributed by atoms with E-state index in [4.69, 9.17) is 9.84 Å². The highest BCUT2D eigenvalue weighted by Crippen LogP contribution is 2.72. The van der Waals surface area contributed by atoms with Crippen molar-refractivity contribution >= 4 is 23.3 Å². The van der Waals surface area contributed by atoms with Crippen LogP contribution in [0.2, 0.25) is 0 Å². The van der Waals surface area contributed by atoms with Gasteiger partial charge in [0.1, 0.15) is 17.0 Å². The first-order chi connectivity index (χ1) is 15.8. The fourth-order valence-electron chi connectivity index (χ4n) is 7.18. The molecular weight excluding hydrogens is 446 g/mol. The zero-order valence-corrected chi connectivity index (χ0v) is 18.7. The Labute approximate surface area is 194 Å². The number of carboxylic acid groups (broad SMARTS) is 1. The molecule has 1 amide bonds. The number of phenols is 2. The molecule has 10 nitrogen and oxygen atoms in total. The van der Waals surface area contributed by atoms with Crippen LogP contribution in [0.4, 0.5) is 5.69 Å². The van der Waals surface area contributed by atoms with E-state index in [0.717, 1.165) is 12.1 Å². The van der Waals surface area contributed by atoms with Gasteiger partial charge >= 0.3 is 5.97 Å². The van der Waals surface area contributed by atoms with E-state index in [2.05, 4.69) is 5.32 Å². The second kappa shape index (κ2) is 6.96. The molecule has 1 aromatic rings. The molecule has 5 aliphatic rings. The number of aromatic carboxylic acids is 1. The molecule has 10 heteroatoms. The number of rotatable bonds is 5. The summed E-state index contributed by atoms with van der Waals surface area (Å²) in [6.45, 7) is 3.53. The molecule has 4 fully saturated rings. The predicted octanol–water partition coefficient (Wildman–Crippen LogP) is 2.09. The van der Waals surface area contributed by atoms with E-state index >= 15 is 0 Å². The van der Waals surface area contributed by atoms with Gasteiger partial charge in [-0.2, -0.15) is 0 Å². The normalized spacial score (nSPS) is 39.6. The number of carbonyl (C=O) groups is 3. The molecule has 34 heavy (non-hydrogen) atoms. The van der Waals surface area contributed by atoms with Crippen molar-refractivity contribution in [3.05, 3.63) is 29.5 Å². The molecule has 2 aliphatic heterocycles. The molecule has 6 N–H and O–H groups in total. The van der Waals surface area contributed by atoms with Crippen molar-refractivity contribution < 1.29 is 44.7 Å². The van der Waals surface area contributed by atoms with Gasteiger partial charge in [-0.25, -0.2) is 4.79 Å². The molecule has 6 rings (SSSR count). The summed E-state index contributed by atoms with van der Waals surface area (Å²) < 4.78 is 6.23. The van der Waals surface area contributed by atoms with Gasteiger partial charge in [-0.3, -0.25) is 9.59 Å². The van der Waals surface area contributed by atoms with E-state index in [1.54, 1.807) is 6.92 Å². The minimum absolute atomic E-state index is 0.0100. The molecule has 3 unspecified atom stereocenters. The summed E-state index contributed by atoms with van der Waals surface area (Å²) in [6.07, 6.45) is 1.35. The van der Waals surface area contributed by atoms with Crippen LogP contribution in [0.1, 0.15) is 49.9 Å². The van der Waals surface area contributed by atoms with Gasteiger partial charge < -0.3 is 35.6 Å². The quantitative estimate of drug-likeness (QED) is 0.350. The van der Waals surface area contributed by atoms with Crippen LogP contribution in [0, 0.1) is 22.7 Å². The second-order valence-electron chi connectivity index (χ2n) is 10.5. The molecule has 0 aromatic heterocycles. The van der Waals surface area contributed by atoms with Crippen molar-refractivity contribution in [2.45, 2.75) is 57.3 Å². The first kappa shape index (κ1) is 22.7. The molecule has 1 aromatic carbocycles. The number of Topliss-reactive ketones (excluding diaryl/α,β-unsaturated/α-hetero) is 1. The number of ether oxygens (including phenoxy) is 1. The van der Waals surface area contributed by atoms with Gasteiger partial charge in [0.2, 0.25) is 11.7 Å². The number of hydrogen-bond acceptors (Lipinski definition) is 8. The van der Waals surface area contributed by atoms with Gasteiger partial charge in [-0.1, -0.05) is 6.92 Å². The lowest BCUT2D eigenvalue weighted by molar-refractivity contribution is -0.221. The summed E-state index contributed by atoms with van der Waals surface area (Å²) in [5.41, 5.74) is -3.69. The number of nitrogens with one attached hydrogen (secondary N) is 1. The summed E-state index contributed by atoms with van der Waals surface area (Å²) in [7, 11) is 0. The highest BCUT2D eigenvalue weighted by molar-refractivity contribution is 6.01. The molecular formula is C24H27NO9. The first-order valence-electron chi connectivity index (χ1n) is 11.3. The smallest absolute Gasteiger partial charge is 0.339 e. The summed E-state index contributed by atoms with van der Waals surface area (Å²) in [6, 6.07) is 2.05. The van der Waals surface area contributed by atoms with E-state index in [9.17, 15) is 34.8 Å². The van der Waals surface area contributed by atoms with Crippen LogP contribution in [0.15, 0.2) is 24.0 Å². The first-order valence-corrected chi connectivity index (χ1v) is 11.3. The van der Waals surface area contributed by atoms with Crippen molar-refractivity contribution in [2.75, 3.05) is 5.32 Å². The topological polar surface area (TPSA) is 174 Å². The number of allylic oxidation sites excluding steroid dienone is 1. The fraction of sp³-hybridized carbons (Fsp3) is 0.542. The Bertz CT molecular complexity index is 1160. The second-order valence-corrected chi connectivity index (χ2v) is 10.5. The number of hydrogen-bond donors (Lipinski definition) is 6. The van der Waals surface area contributed by atoms with Crippen molar-refractivity contribution in [1.29, 1.82) is 0 Å². The minimum atomic E-state index is -1.43. The third-order valence-electron chi connectivity index (χ3n) is 8.70. The van der Waals surface area contributed by atoms with Gasteiger partial charge in [-0.15, -0.1) is 0 Å². The monoisotopic (exact) mass is 473 g/mol. The summed E-state index contributed by atoms with van der Waals surface area (Å²) in [5, 5.41) is 53.4. The molecule has 3 aliphatic carbocycles. The zero-order chi connectivity index (χ0) is 24.8. The number of aliphatic hydroxyl groups excluding tert-OH is 2. The molecule has 4 bridgehead atoms. The van der Waals surface area contributed by atoms with Crippen LogP contribution in [0.25, 0.3) is 0 Å². The third kappa shape index (κ3) is 2.72. The van der Waals surface area contributed by atoms with Crippen LogP contribution < -0.4 is 5.32 Å². The standard InChI is InChI=1S/C24H27NO9/c1-22(6-5-15(28)25-16-12(26)4-3-11(17(16)29)20(31)32)18-14-7-10-8-24(18,9-13(27)19(22)30)21(33)23(10,2)34-14/h3-4,9-10,14,18,21,26-27,29,33H,5-8H2,1-2H3,(H,25,28)(H,31,32)/t10?,14-,18?,21?,22-,23-,24-/m0/s1. The molecule has 2 saturated carbocycles. The minimum Gasteiger partial charge on any atom is -0.506 e. The number of aliphatic hydroxyl groups is 2. The van der Waals surface area contributed by atoms with Crippen LogP contribution in [0.3, 0.4) is 0 Å². The Morgan fingerprint density at radius 1 is 1.21 bits per heavy atom. The lowest BCUT2D eigenvalue weighted by atomic mass is 9.50. The predicted molar refractivity (Wildman–Crippen MR) is 116 cm³/mol. The summed E-state index contributed by atoms with van der Waals surface area (Å²) in [5.74, 6) is -4.65. The number of ketones is 1. The lowest BCUT2D eigenvalue weighted by Gasteiger charge is -2.57. The number of carboxylic acids is 1. The van der Waals surface area contributed by atoms with Gasteiger partial charge in [0.25, 0.3) is 0 Å². The average molecular weight is 473 g/mol. The highest BCUT2D eigenvalue weighted by atomic mass is 16.5.